The Morgan fingerprint density at radius 1 is 1.15 bits per heavy atom. The lowest BCUT2D eigenvalue weighted by Crippen LogP contribution is -2.39. The van der Waals surface area contributed by atoms with E-state index in [9.17, 15) is 4.79 Å². The molecule has 0 radical (unpaired) electrons. The number of rotatable bonds is 3. The summed E-state index contributed by atoms with van der Waals surface area (Å²) < 4.78 is 1.65. The molecule has 0 bridgehead atoms. The maximum atomic E-state index is 13.1. The monoisotopic (exact) mass is 399 g/mol. The number of fused-ring (bicyclic) bond motifs is 1. The Hall–Kier alpha value is -2.83. The number of anilines is 2. The number of amides is 1. The number of benzene rings is 2. The van der Waals surface area contributed by atoms with Gasteiger partial charge in [-0.25, -0.2) is 4.68 Å². The van der Waals surface area contributed by atoms with E-state index in [4.69, 9.17) is 23.2 Å². The summed E-state index contributed by atoms with van der Waals surface area (Å²) in [5.74, 6) is -0.365. The number of nitrogens with zero attached hydrogens (tertiary/aromatic N) is 3. The zero-order valence-corrected chi connectivity index (χ0v) is 15.6. The molecule has 2 atom stereocenters. The SMILES string of the molecule is C=C1Nc2ncnn2C(c2ccccc2Cl)C1C(=O)Nc1ccc(Cl)cc1. The minimum absolute atomic E-state index is 0.235. The van der Waals surface area contributed by atoms with Crippen LogP contribution in [0.15, 0.2) is 67.1 Å². The Morgan fingerprint density at radius 2 is 1.89 bits per heavy atom. The second kappa shape index (κ2) is 7.06. The lowest BCUT2D eigenvalue weighted by atomic mass is 9.88. The lowest BCUT2D eigenvalue weighted by molar-refractivity contribution is -0.119. The van der Waals surface area contributed by atoms with Crippen molar-refractivity contribution in [3.63, 3.8) is 0 Å². The predicted molar refractivity (Wildman–Crippen MR) is 106 cm³/mol. The van der Waals surface area contributed by atoms with Crippen LogP contribution in [0.5, 0.6) is 0 Å². The van der Waals surface area contributed by atoms with Crippen molar-refractivity contribution >= 4 is 40.7 Å². The van der Waals surface area contributed by atoms with E-state index in [1.54, 1.807) is 35.0 Å². The molecule has 6 nitrogen and oxygen atoms in total. The van der Waals surface area contributed by atoms with Crippen LogP contribution in [0.1, 0.15) is 11.6 Å². The van der Waals surface area contributed by atoms with Crippen molar-refractivity contribution in [2.45, 2.75) is 6.04 Å². The van der Waals surface area contributed by atoms with Gasteiger partial charge >= 0.3 is 0 Å². The molecule has 4 rings (SSSR count). The Kier molecular flexibility index (Phi) is 4.59. The van der Waals surface area contributed by atoms with Gasteiger partial charge in [0.1, 0.15) is 12.2 Å². The topological polar surface area (TPSA) is 71.8 Å². The van der Waals surface area contributed by atoms with Crippen molar-refractivity contribution in [3.05, 3.63) is 82.7 Å². The van der Waals surface area contributed by atoms with E-state index in [1.807, 2.05) is 18.2 Å². The van der Waals surface area contributed by atoms with E-state index in [2.05, 4.69) is 27.3 Å². The van der Waals surface area contributed by atoms with Crippen LogP contribution in [0.25, 0.3) is 0 Å². The Bertz CT molecular complexity index is 1010. The fourth-order valence-electron chi connectivity index (χ4n) is 3.18. The Labute approximate surface area is 165 Å². The van der Waals surface area contributed by atoms with Crippen LogP contribution in [0.2, 0.25) is 10.0 Å². The summed E-state index contributed by atoms with van der Waals surface area (Å²) in [5.41, 5.74) is 1.93. The second-order valence-electron chi connectivity index (χ2n) is 6.12. The highest BCUT2D eigenvalue weighted by molar-refractivity contribution is 6.31. The van der Waals surface area contributed by atoms with Crippen LogP contribution >= 0.6 is 23.2 Å². The van der Waals surface area contributed by atoms with Crippen LogP contribution in [-0.2, 0) is 4.79 Å². The summed E-state index contributed by atoms with van der Waals surface area (Å²) in [7, 11) is 0. The number of aromatic nitrogens is 3. The minimum Gasteiger partial charge on any atom is -0.328 e. The average Bonchev–Trinajstić information content (AvgIpc) is 3.11. The Morgan fingerprint density at radius 3 is 2.63 bits per heavy atom. The number of carbonyl (C=O) groups excluding carboxylic acids is 1. The third-order valence-corrected chi connectivity index (χ3v) is 5.01. The molecule has 1 aliphatic rings. The van der Waals surface area contributed by atoms with Gasteiger partial charge in [0, 0.05) is 21.4 Å². The van der Waals surface area contributed by atoms with Crippen molar-refractivity contribution < 1.29 is 4.79 Å². The smallest absolute Gasteiger partial charge is 0.235 e. The molecule has 0 aliphatic carbocycles. The molecule has 3 aromatic rings. The van der Waals surface area contributed by atoms with E-state index in [0.29, 0.717) is 27.4 Å². The number of carbonyl (C=O) groups is 1. The summed E-state index contributed by atoms with van der Waals surface area (Å²) in [6, 6.07) is 13.8. The average molecular weight is 400 g/mol. The first-order valence-corrected chi connectivity index (χ1v) is 8.96. The molecular weight excluding hydrogens is 385 g/mol. The van der Waals surface area contributed by atoms with E-state index in [0.717, 1.165) is 5.56 Å². The first-order valence-electron chi connectivity index (χ1n) is 8.21. The van der Waals surface area contributed by atoms with Gasteiger partial charge in [-0.2, -0.15) is 10.1 Å². The molecule has 2 aromatic carbocycles. The fraction of sp³-hybridized carbons (Fsp3) is 0.105. The van der Waals surface area contributed by atoms with Crippen LogP contribution in [-0.4, -0.2) is 20.7 Å². The van der Waals surface area contributed by atoms with Gasteiger partial charge in [0.25, 0.3) is 0 Å². The zero-order chi connectivity index (χ0) is 19.0. The molecule has 0 fully saturated rings. The third-order valence-electron chi connectivity index (χ3n) is 4.42. The van der Waals surface area contributed by atoms with E-state index >= 15 is 0 Å². The van der Waals surface area contributed by atoms with Crippen molar-refractivity contribution in [1.82, 2.24) is 14.8 Å². The molecule has 136 valence electrons. The third kappa shape index (κ3) is 3.29. The molecular formula is C19H15Cl2N5O. The van der Waals surface area contributed by atoms with Gasteiger partial charge in [-0.3, -0.25) is 4.79 Å². The van der Waals surface area contributed by atoms with Gasteiger partial charge in [0.2, 0.25) is 11.9 Å². The molecule has 27 heavy (non-hydrogen) atoms. The zero-order valence-electron chi connectivity index (χ0n) is 14.1. The maximum Gasteiger partial charge on any atom is 0.235 e. The highest BCUT2D eigenvalue weighted by Gasteiger charge is 2.40. The van der Waals surface area contributed by atoms with Crippen LogP contribution in [0.3, 0.4) is 0 Å². The largest absolute Gasteiger partial charge is 0.328 e. The lowest BCUT2D eigenvalue weighted by Gasteiger charge is -2.34. The van der Waals surface area contributed by atoms with Gasteiger partial charge in [-0.15, -0.1) is 0 Å². The molecule has 0 spiro atoms. The highest BCUT2D eigenvalue weighted by atomic mass is 35.5. The molecule has 2 unspecified atom stereocenters. The summed E-state index contributed by atoms with van der Waals surface area (Å²) in [5, 5.41) is 11.4. The molecule has 2 N–H and O–H groups in total. The molecule has 1 amide bonds. The predicted octanol–water partition coefficient (Wildman–Crippen LogP) is 4.37. The fourth-order valence-corrected chi connectivity index (χ4v) is 3.55. The van der Waals surface area contributed by atoms with E-state index in [-0.39, 0.29) is 5.91 Å². The standard InChI is InChI=1S/C19H15Cl2N5O/c1-11-16(18(27)25-13-8-6-12(20)7-9-13)17(14-4-2-3-5-15(14)21)26-19(24-11)22-10-23-26/h2-10,16-17H,1H2,(H,25,27)(H,22,23,24). The second-order valence-corrected chi connectivity index (χ2v) is 6.96. The summed E-state index contributed by atoms with van der Waals surface area (Å²) in [6.07, 6.45) is 1.43. The molecule has 2 heterocycles. The van der Waals surface area contributed by atoms with Crippen molar-refractivity contribution in [1.29, 1.82) is 0 Å². The van der Waals surface area contributed by atoms with Crippen molar-refractivity contribution in [2.24, 2.45) is 5.92 Å². The summed E-state index contributed by atoms with van der Waals surface area (Å²) in [4.78, 5) is 17.3. The van der Waals surface area contributed by atoms with Crippen LogP contribution in [0.4, 0.5) is 11.6 Å². The van der Waals surface area contributed by atoms with Gasteiger partial charge in [0.15, 0.2) is 0 Å². The highest BCUT2D eigenvalue weighted by Crippen LogP contribution is 2.40. The van der Waals surface area contributed by atoms with Gasteiger partial charge in [-0.05, 0) is 35.9 Å². The van der Waals surface area contributed by atoms with E-state index < -0.39 is 12.0 Å². The minimum atomic E-state index is -0.644. The first kappa shape index (κ1) is 17.6. The van der Waals surface area contributed by atoms with Gasteiger partial charge in [0.05, 0.1) is 6.04 Å². The molecule has 0 saturated heterocycles. The first-order chi connectivity index (χ1) is 13.0. The summed E-state index contributed by atoms with van der Waals surface area (Å²) >= 11 is 12.3. The maximum absolute atomic E-state index is 13.1. The van der Waals surface area contributed by atoms with Crippen LogP contribution < -0.4 is 10.6 Å². The molecule has 1 aliphatic heterocycles. The van der Waals surface area contributed by atoms with Crippen LogP contribution in [0, 0.1) is 5.92 Å². The molecule has 0 saturated carbocycles. The number of nitrogens with one attached hydrogen (secondary N) is 2. The number of halogens is 2. The Balaban J connectivity index is 1.75. The van der Waals surface area contributed by atoms with E-state index in [1.165, 1.54) is 6.33 Å². The molecule has 8 heteroatoms. The normalized spacial score (nSPS) is 18.5. The number of hydrogen-bond acceptors (Lipinski definition) is 4. The van der Waals surface area contributed by atoms with Crippen molar-refractivity contribution in [3.8, 4) is 0 Å². The van der Waals surface area contributed by atoms with Gasteiger partial charge in [-0.1, -0.05) is 48.0 Å². The number of hydrogen-bond donors (Lipinski definition) is 2. The van der Waals surface area contributed by atoms with Gasteiger partial charge < -0.3 is 10.6 Å². The quantitative estimate of drug-likeness (QED) is 0.685. The molecule has 1 aromatic heterocycles. The summed E-state index contributed by atoms with van der Waals surface area (Å²) in [6.45, 7) is 4.04. The van der Waals surface area contributed by atoms with Crippen molar-refractivity contribution in [2.75, 3.05) is 10.6 Å².